The normalized spacial score (nSPS) is 10.9. The van der Waals surface area contributed by atoms with Gasteiger partial charge in [0.2, 0.25) is 5.88 Å². The molecular formula is C15H21N5O2. The highest BCUT2D eigenvalue weighted by atomic mass is 16.5. The second-order valence-corrected chi connectivity index (χ2v) is 5.45. The van der Waals surface area contributed by atoms with E-state index in [1.807, 2.05) is 20.8 Å². The van der Waals surface area contributed by atoms with Crippen LogP contribution in [0.5, 0.6) is 5.88 Å². The Morgan fingerprint density at radius 1 is 1.32 bits per heavy atom. The number of hydrogen-bond acceptors (Lipinski definition) is 5. The first-order valence-electron chi connectivity index (χ1n) is 7.08. The summed E-state index contributed by atoms with van der Waals surface area (Å²) in [5.41, 5.74) is 1.82. The van der Waals surface area contributed by atoms with Crippen LogP contribution in [-0.4, -0.2) is 32.8 Å². The van der Waals surface area contributed by atoms with E-state index >= 15 is 0 Å². The Labute approximate surface area is 129 Å². The van der Waals surface area contributed by atoms with E-state index in [9.17, 15) is 4.79 Å². The molecule has 0 radical (unpaired) electrons. The van der Waals surface area contributed by atoms with E-state index in [4.69, 9.17) is 4.74 Å². The van der Waals surface area contributed by atoms with Gasteiger partial charge in [0.15, 0.2) is 0 Å². The average molecular weight is 303 g/mol. The van der Waals surface area contributed by atoms with Gasteiger partial charge >= 0.3 is 0 Å². The Morgan fingerprint density at radius 3 is 2.59 bits per heavy atom. The molecule has 0 aromatic carbocycles. The zero-order valence-electron chi connectivity index (χ0n) is 13.8. The number of nitrogens with one attached hydrogen (secondary N) is 1. The first-order valence-corrected chi connectivity index (χ1v) is 7.08. The van der Waals surface area contributed by atoms with Gasteiger partial charge in [0.05, 0.1) is 12.8 Å². The third kappa shape index (κ3) is 3.08. The van der Waals surface area contributed by atoms with Crippen LogP contribution in [0.3, 0.4) is 0 Å². The number of hydrogen-bond donors (Lipinski definition) is 1. The smallest absolute Gasteiger partial charge is 0.264 e. The van der Waals surface area contributed by atoms with Gasteiger partial charge in [0.25, 0.3) is 5.91 Å². The van der Waals surface area contributed by atoms with Crippen molar-refractivity contribution < 1.29 is 9.53 Å². The van der Waals surface area contributed by atoms with Gasteiger partial charge in [-0.1, -0.05) is 13.8 Å². The number of aromatic nitrogens is 4. The molecule has 7 heteroatoms. The lowest BCUT2D eigenvalue weighted by Crippen LogP contribution is -2.16. The Morgan fingerprint density at radius 2 is 2.00 bits per heavy atom. The lowest BCUT2D eigenvalue weighted by molar-refractivity contribution is 0.102. The molecule has 0 aliphatic carbocycles. The van der Waals surface area contributed by atoms with Crippen molar-refractivity contribution in [1.29, 1.82) is 0 Å². The molecule has 118 valence electrons. The molecule has 0 spiro atoms. The first kappa shape index (κ1) is 15.9. The van der Waals surface area contributed by atoms with Crippen LogP contribution in [0.25, 0.3) is 0 Å². The molecule has 2 heterocycles. The zero-order chi connectivity index (χ0) is 16.4. The number of nitrogens with zero attached hydrogens (tertiary/aromatic N) is 4. The van der Waals surface area contributed by atoms with Crippen LogP contribution in [0.15, 0.2) is 6.07 Å². The molecule has 22 heavy (non-hydrogen) atoms. The minimum absolute atomic E-state index is 0.185. The van der Waals surface area contributed by atoms with Crippen molar-refractivity contribution in [2.75, 3.05) is 12.4 Å². The summed E-state index contributed by atoms with van der Waals surface area (Å²) in [5.74, 6) is 1.49. The molecule has 0 aliphatic heterocycles. The number of carbonyl (C=O) groups is 1. The minimum atomic E-state index is -0.296. The molecular weight excluding hydrogens is 282 g/mol. The molecule has 2 rings (SSSR count). The average Bonchev–Trinajstić information content (AvgIpc) is 2.71. The van der Waals surface area contributed by atoms with Gasteiger partial charge in [-0.3, -0.25) is 4.79 Å². The molecule has 1 N–H and O–H groups in total. The van der Waals surface area contributed by atoms with Crippen LogP contribution in [-0.2, 0) is 7.05 Å². The molecule has 0 aliphatic rings. The van der Waals surface area contributed by atoms with Gasteiger partial charge in [-0.2, -0.15) is 5.10 Å². The fourth-order valence-corrected chi connectivity index (χ4v) is 2.23. The number of amides is 1. The Kier molecular flexibility index (Phi) is 4.44. The third-order valence-electron chi connectivity index (χ3n) is 3.22. The first-order chi connectivity index (χ1) is 10.3. The Balaban J connectivity index is 2.34. The highest BCUT2D eigenvalue weighted by Crippen LogP contribution is 2.22. The van der Waals surface area contributed by atoms with Crippen molar-refractivity contribution in [2.45, 2.75) is 33.6 Å². The predicted octanol–water partition coefficient (Wildman–Crippen LogP) is 2.21. The number of rotatable bonds is 4. The van der Waals surface area contributed by atoms with Crippen molar-refractivity contribution >= 4 is 11.7 Å². The van der Waals surface area contributed by atoms with E-state index in [0.717, 1.165) is 5.69 Å². The maximum Gasteiger partial charge on any atom is 0.264 e. The van der Waals surface area contributed by atoms with Crippen LogP contribution >= 0.6 is 0 Å². The van der Waals surface area contributed by atoms with Crippen LogP contribution in [0, 0.1) is 13.8 Å². The summed E-state index contributed by atoms with van der Waals surface area (Å²) >= 11 is 0. The van der Waals surface area contributed by atoms with Gasteiger partial charge < -0.3 is 10.1 Å². The monoisotopic (exact) mass is 303 g/mol. The van der Waals surface area contributed by atoms with Gasteiger partial charge in [-0.25, -0.2) is 14.6 Å². The van der Waals surface area contributed by atoms with E-state index in [1.165, 1.54) is 11.8 Å². The fraction of sp³-hybridized carbons (Fsp3) is 0.467. The fourth-order valence-electron chi connectivity index (χ4n) is 2.23. The summed E-state index contributed by atoms with van der Waals surface area (Å²) in [5, 5.41) is 7.01. The molecule has 0 saturated heterocycles. The largest absolute Gasteiger partial charge is 0.481 e. The maximum absolute atomic E-state index is 12.5. The SMILES string of the molecule is COc1c(C(=O)Nc2cc(C)nc(C(C)C)n2)c(C)nn1C. The van der Waals surface area contributed by atoms with Crippen LogP contribution in [0.2, 0.25) is 0 Å². The quantitative estimate of drug-likeness (QED) is 0.936. The van der Waals surface area contributed by atoms with E-state index in [1.54, 1.807) is 20.0 Å². The standard InChI is InChI=1S/C15H21N5O2/c1-8(2)13-16-9(3)7-11(17-13)18-14(21)12-10(4)19-20(5)15(12)22-6/h7-8H,1-6H3,(H,16,17,18,21). The highest BCUT2D eigenvalue weighted by Gasteiger charge is 2.22. The lowest BCUT2D eigenvalue weighted by Gasteiger charge is -2.10. The van der Waals surface area contributed by atoms with Crippen molar-refractivity contribution in [3.8, 4) is 5.88 Å². The number of carbonyl (C=O) groups excluding carboxylic acids is 1. The van der Waals surface area contributed by atoms with E-state index < -0.39 is 0 Å². The molecule has 2 aromatic rings. The predicted molar refractivity (Wildman–Crippen MR) is 83.3 cm³/mol. The molecule has 1 amide bonds. The molecule has 0 fully saturated rings. The van der Waals surface area contributed by atoms with Gasteiger partial charge in [-0.15, -0.1) is 0 Å². The molecule has 0 atom stereocenters. The van der Waals surface area contributed by atoms with Gasteiger partial charge in [0, 0.05) is 24.7 Å². The summed E-state index contributed by atoms with van der Waals surface area (Å²) < 4.78 is 6.79. The van der Waals surface area contributed by atoms with Gasteiger partial charge in [-0.05, 0) is 13.8 Å². The summed E-state index contributed by atoms with van der Waals surface area (Å²) in [6.45, 7) is 7.66. The number of ether oxygens (including phenoxy) is 1. The van der Waals surface area contributed by atoms with Gasteiger partial charge in [0.1, 0.15) is 17.2 Å². The maximum atomic E-state index is 12.5. The number of methoxy groups -OCH3 is 1. The molecule has 2 aromatic heterocycles. The topological polar surface area (TPSA) is 81.9 Å². The second kappa shape index (κ2) is 6.13. The summed E-state index contributed by atoms with van der Waals surface area (Å²) in [6, 6.07) is 1.74. The Hall–Kier alpha value is -2.44. The van der Waals surface area contributed by atoms with Crippen molar-refractivity contribution in [2.24, 2.45) is 7.05 Å². The molecule has 0 saturated carbocycles. The lowest BCUT2D eigenvalue weighted by atomic mass is 10.2. The van der Waals surface area contributed by atoms with Crippen LogP contribution < -0.4 is 10.1 Å². The zero-order valence-corrected chi connectivity index (χ0v) is 13.8. The molecule has 0 unspecified atom stereocenters. The van der Waals surface area contributed by atoms with E-state index in [2.05, 4.69) is 20.4 Å². The second-order valence-electron chi connectivity index (χ2n) is 5.45. The molecule has 0 bridgehead atoms. The number of anilines is 1. The summed E-state index contributed by atoms with van der Waals surface area (Å²) in [4.78, 5) is 21.3. The third-order valence-corrected chi connectivity index (χ3v) is 3.22. The van der Waals surface area contributed by atoms with Crippen LogP contribution in [0.4, 0.5) is 5.82 Å². The summed E-state index contributed by atoms with van der Waals surface area (Å²) in [6.07, 6.45) is 0. The van der Waals surface area contributed by atoms with Crippen LogP contribution in [0.1, 0.15) is 47.3 Å². The van der Waals surface area contributed by atoms with E-state index in [0.29, 0.717) is 28.8 Å². The Bertz CT molecular complexity index is 706. The van der Waals surface area contributed by atoms with Crippen molar-refractivity contribution in [3.05, 3.63) is 28.8 Å². The summed E-state index contributed by atoms with van der Waals surface area (Å²) in [7, 11) is 3.24. The van der Waals surface area contributed by atoms with Crippen molar-refractivity contribution in [1.82, 2.24) is 19.7 Å². The van der Waals surface area contributed by atoms with Crippen molar-refractivity contribution in [3.63, 3.8) is 0 Å². The van der Waals surface area contributed by atoms with E-state index in [-0.39, 0.29) is 11.8 Å². The molecule has 7 nitrogen and oxygen atoms in total. The number of aryl methyl sites for hydroxylation is 3. The minimum Gasteiger partial charge on any atom is -0.481 e. The highest BCUT2D eigenvalue weighted by molar-refractivity contribution is 6.06.